The number of carboxylic acids is 1. The smallest absolute Gasteiger partial charge is 0.314 e. The number of aromatic hydroxyl groups is 1. The molecule has 1 saturated carbocycles. The Hall–Kier alpha value is -1.71. The van der Waals surface area contributed by atoms with Crippen molar-refractivity contribution in [2.75, 3.05) is 7.11 Å². The quantitative estimate of drug-likeness (QED) is 0.845. The zero-order chi connectivity index (χ0) is 12.5. The average molecular weight is 236 g/mol. The van der Waals surface area contributed by atoms with Crippen LogP contribution in [0.25, 0.3) is 0 Å². The van der Waals surface area contributed by atoms with Gasteiger partial charge in [0, 0.05) is 0 Å². The topological polar surface area (TPSA) is 66.8 Å². The van der Waals surface area contributed by atoms with Gasteiger partial charge in [-0.15, -0.1) is 0 Å². The van der Waals surface area contributed by atoms with Crippen LogP contribution in [0.2, 0.25) is 0 Å². The zero-order valence-electron chi connectivity index (χ0n) is 9.77. The number of carbonyl (C=O) groups is 1. The first kappa shape index (κ1) is 11.8. The Bertz CT molecular complexity index is 433. The van der Waals surface area contributed by atoms with Gasteiger partial charge >= 0.3 is 5.97 Å². The minimum Gasteiger partial charge on any atom is -0.504 e. The molecule has 0 bridgehead atoms. The number of hydrogen-bond donors (Lipinski definition) is 2. The molecule has 1 aliphatic carbocycles. The van der Waals surface area contributed by atoms with E-state index in [1.54, 1.807) is 12.1 Å². The van der Waals surface area contributed by atoms with Crippen molar-refractivity contribution < 1.29 is 19.7 Å². The van der Waals surface area contributed by atoms with E-state index in [9.17, 15) is 15.0 Å². The Morgan fingerprint density at radius 3 is 2.53 bits per heavy atom. The van der Waals surface area contributed by atoms with E-state index >= 15 is 0 Å². The fourth-order valence-electron chi connectivity index (χ4n) is 2.58. The summed E-state index contributed by atoms with van der Waals surface area (Å²) in [7, 11) is 1.46. The minimum absolute atomic E-state index is 0.0368. The van der Waals surface area contributed by atoms with Crippen LogP contribution in [0.3, 0.4) is 0 Å². The lowest BCUT2D eigenvalue weighted by Crippen LogP contribution is -2.32. The SMILES string of the molecule is COc1cc(C2(C(=O)O)CCCC2)ccc1O. The van der Waals surface area contributed by atoms with Gasteiger partial charge in [-0.3, -0.25) is 4.79 Å². The summed E-state index contributed by atoms with van der Waals surface area (Å²) in [6, 6.07) is 4.81. The number of phenols is 1. The van der Waals surface area contributed by atoms with Crippen LogP contribution in [0.1, 0.15) is 31.2 Å². The minimum atomic E-state index is -0.805. The van der Waals surface area contributed by atoms with Crippen LogP contribution in [0.5, 0.6) is 11.5 Å². The average Bonchev–Trinajstić information content (AvgIpc) is 2.80. The van der Waals surface area contributed by atoms with E-state index in [1.807, 2.05) is 0 Å². The summed E-state index contributed by atoms with van der Waals surface area (Å²) >= 11 is 0. The van der Waals surface area contributed by atoms with Gasteiger partial charge in [-0.2, -0.15) is 0 Å². The molecule has 2 rings (SSSR count). The van der Waals surface area contributed by atoms with Gasteiger partial charge in [0.2, 0.25) is 0 Å². The number of carboxylic acid groups (broad SMARTS) is 1. The van der Waals surface area contributed by atoms with Gasteiger partial charge in [0.25, 0.3) is 0 Å². The highest BCUT2D eigenvalue weighted by Gasteiger charge is 2.43. The Balaban J connectivity index is 2.47. The number of aliphatic carboxylic acids is 1. The normalized spacial score (nSPS) is 17.9. The van der Waals surface area contributed by atoms with E-state index in [-0.39, 0.29) is 5.75 Å². The van der Waals surface area contributed by atoms with Crippen LogP contribution >= 0.6 is 0 Å². The highest BCUT2D eigenvalue weighted by Crippen LogP contribution is 2.43. The van der Waals surface area contributed by atoms with Crippen LogP contribution in [-0.2, 0) is 10.2 Å². The molecule has 0 saturated heterocycles. The number of hydrogen-bond acceptors (Lipinski definition) is 3. The van der Waals surface area contributed by atoms with E-state index in [4.69, 9.17) is 4.74 Å². The summed E-state index contributed by atoms with van der Waals surface area (Å²) in [6.07, 6.45) is 3.15. The first-order chi connectivity index (χ1) is 8.10. The lowest BCUT2D eigenvalue weighted by Gasteiger charge is -2.24. The maximum atomic E-state index is 11.5. The van der Waals surface area contributed by atoms with Crippen molar-refractivity contribution in [2.45, 2.75) is 31.1 Å². The Labute approximate surface area is 99.8 Å². The third-order valence-electron chi connectivity index (χ3n) is 3.60. The van der Waals surface area contributed by atoms with Gasteiger partial charge in [-0.05, 0) is 30.5 Å². The number of rotatable bonds is 3. The second-order valence-electron chi connectivity index (χ2n) is 4.48. The Morgan fingerprint density at radius 2 is 2.00 bits per heavy atom. The summed E-state index contributed by atoms with van der Waals surface area (Å²) in [6.45, 7) is 0. The van der Waals surface area contributed by atoms with Gasteiger partial charge < -0.3 is 14.9 Å². The van der Waals surface area contributed by atoms with Crippen molar-refractivity contribution in [1.29, 1.82) is 0 Å². The second-order valence-corrected chi connectivity index (χ2v) is 4.48. The Morgan fingerprint density at radius 1 is 1.35 bits per heavy atom. The molecule has 1 aromatic rings. The Kier molecular flexibility index (Phi) is 2.96. The van der Waals surface area contributed by atoms with Crippen molar-refractivity contribution in [2.24, 2.45) is 0 Å². The van der Waals surface area contributed by atoms with Gasteiger partial charge in [-0.25, -0.2) is 0 Å². The summed E-state index contributed by atoms with van der Waals surface area (Å²) in [4.78, 5) is 11.5. The van der Waals surface area contributed by atoms with E-state index in [2.05, 4.69) is 0 Å². The molecule has 4 heteroatoms. The molecule has 1 aliphatic rings. The van der Waals surface area contributed by atoms with Crippen molar-refractivity contribution >= 4 is 5.97 Å². The molecule has 0 radical (unpaired) electrons. The molecular formula is C13H16O4. The molecule has 2 N–H and O–H groups in total. The highest BCUT2D eigenvalue weighted by atomic mass is 16.5. The van der Waals surface area contributed by atoms with Gasteiger partial charge in [0.1, 0.15) is 0 Å². The van der Waals surface area contributed by atoms with Crippen LogP contribution in [0, 0.1) is 0 Å². The molecule has 17 heavy (non-hydrogen) atoms. The number of benzene rings is 1. The molecule has 1 fully saturated rings. The lowest BCUT2D eigenvalue weighted by atomic mass is 9.79. The second kappa shape index (κ2) is 4.28. The van der Waals surface area contributed by atoms with Gasteiger partial charge in [-0.1, -0.05) is 18.9 Å². The third kappa shape index (κ3) is 1.84. The number of ether oxygens (including phenoxy) is 1. The number of methoxy groups -OCH3 is 1. The molecule has 0 heterocycles. The molecular weight excluding hydrogens is 220 g/mol. The van der Waals surface area contributed by atoms with Crippen molar-refractivity contribution in [3.8, 4) is 11.5 Å². The summed E-state index contributed by atoms with van der Waals surface area (Å²) in [5.41, 5.74) is -0.0850. The maximum Gasteiger partial charge on any atom is 0.314 e. The van der Waals surface area contributed by atoms with E-state index in [1.165, 1.54) is 13.2 Å². The molecule has 0 aromatic heterocycles. The fourth-order valence-corrected chi connectivity index (χ4v) is 2.58. The first-order valence-electron chi connectivity index (χ1n) is 5.71. The van der Waals surface area contributed by atoms with Crippen LogP contribution in [0.4, 0.5) is 0 Å². The van der Waals surface area contributed by atoms with E-state index < -0.39 is 11.4 Å². The van der Waals surface area contributed by atoms with E-state index in [0.717, 1.165) is 18.4 Å². The molecule has 0 atom stereocenters. The molecule has 4 nitrogen and oxygen atoms in total. The number of phenolic OH excluding ortho intramolecular Hbond substituents is 1. The summed E-state index contributed by atoms with van der Waals surface area (Å²) in [5.74, 6) is -0.424. The van der Waals surface area contributed by atoms with Crippen LogP contribution in [-0.4, -0.2) is 23.3 Å². The molecule has 0 aliphatic heterocycles. The maximum absolute atomic E-state index is 11.5. The molecule has 0 amide bonds. The highest BCUT2D eigenvalue weighted by molar-refractivity contribution is 5.82. The molecule has 0 unspecified atom stereocenters. The summed E-state index contributed by atoms with van der Waals surface area (Å²) in [5, 5.41) is 19.0. The zero-order valence-corrected chi connectivity index (χ0v) is 9.77. The molecule has 92 valence electrons. The van der Waals surface area contributed by atoms with E-state index in [0.29, 0.717) is 18.6 Å². The van der Waals surface area contributed by atoms with Crippen LogP contribution < -0.4 is 4.74 Å². The molecule has 1 aromatic carbocycles. The van der Waals surface area contributed by atoms with Crippen molar-refractivity contribution in [3.63, 3.8) is 0 Å². The van der Waals surface area contributed by atoms with Gasteiger partial charge in [0.15, 0.2) is 11.5 Å². The largest absolute Gasteiger partial charge is 0.504 e. The van der Waals surface area contributed by atoms with Crippen molar-refractivity contribution in [1.82, 2.24) is 0 Å². The predicted molar refractivity (Wildman–Crippen MR) is 62.4 cm³/mol. The summed E-state index contributed by atoms with van der Waals surface area (Å²) < 4.78 is 5.03. The lowest BCUT2D eigenvalue weighted by molar-refractivity contribution is -0.143. The third-order valence-corrected chi connectivity index (χ3v) is 3.60. The predicted octanol–water partition coefficient (Wildman–Crippen LogP) is 2.30. The standard InChI is InChI=1S/C13H16O4/c1-17-11-8-9(4-5-10(11)14)13(12(15)16)6-2-3-7-13/h4-5,8,14H,2-3,6-7H2,1H3,(H,15,16). The monoisotopic (exact) mass is 236 g/mol. The van der Waals surface area contributed by atoms with Gasteiger partial charge in [0.05, 0.1) is 12.5 Å². The first-order valence-corrected chi connectivity index (χ1v) is 5.71. The van der Waals surface area contributed by atoms with Crippen molar-refractivity contribution in [3.05, 3.63) is 23.8 Å². The fraction of sp³-hybridized carbons (Fsp3) is 0.462. The molecule has 0 spiro atoms. The van der Waals surface area contributed by atoms with Crippen LogP contribution in [0.15, 0.2) is 18.2 Å².